The van der Waals surface area contributed by atoms with E-state index in [1.807, 2.05) is 68.1 Å². The van der Waals surface area contributed by atoms with E-state index in [0.29, 0.717) is 54.6 Å². The highest BCUT2D eigenvalue weighted by atomic mass is 32.2. The fraction of sp³-hybridized carbons (Fsp3) is 0.469. The van der Waals surface area contributed by atoms with Crippen molar-refractivity contribution in [2.75, 3.05) is 59.3 Å². The van der Waals surface area contributed by atoms with Crippen LogP contribution in [0.1, 0.15) is 157 Å². The second kappa shape index (κ2) is 34.5. The van der Waals surface area contributed by atoms with E-state index >= 15 is 0 Å². The number of aromatic nitrogens is 1. The van der Waals surface area contributed by atoms with Gasteiger partial charge < -0.3 is 45.0 Å². The molecule has 20 heteroatoms. The second-order valence-electron chi connectivity index (χ2n) is 29.0. The third-order valence-corrected chi connectivity index (χ3v) is 22.2. The van der Waals surface area contributed by atoms with Crippen molar-refractivity contribution in [3.63, 3.8) is 0 Å². The lowest BCUT2D eigenvalue weighted by molar-refractivity contribution is -0.188. The minimum Gasteiger partial charge on any atom is -0.508 e. The highest BCUT2D eigenvalue weighted by Crippen LogP contribution is 2.65. The summed E-state index contributed by atoms with van der Waals surface area (Å²) in [5, 5.41) is 53.3. The summed E-state index contributed by atoms with van der Waals surface area (Å²) in [6.45, 7) is 24.1. The molecular formula is C81H105N7O12S. The number of carboxylic acids is 2. The molecule has 5 heterocycles. The van der Waals surface area contributed by atoms with Gasteiger partial charge in [-0.15, -0.1) is 6.58 Å². The van der Waals surface area contributed by atoms with Gasteiger partial charge in [0.25, 0.3) is 0 Å². The predicted octanol–water partition coefficient (Wildman–Crippen LogP) is 13.7. The van der Waals surface area contributed by atoms with Gasteiger partial charge in [0.1, 0.15) is 11.2 Å². The number of ether oxygens (including phenoxy) is 1. The molecule has 13 rings (SSSR count). The number of hydrogen-bond acceptors (Lipinski definition) is 16. The molecule has 4 aliphatic heterocycles. The molecule has 2 saturated carbocycles. The predicted molar refractivity (Wildman–Crippen MR) is 396 cm³/mol. The highest BCUT2D eigenvalue weighted by Gasteiger charge is 2.73. The van der Waals surface area contributed by atoms with Gasteiger partial charge in [0.2, 0.25) is 11.8 Å². The smallest absolute Gasteiger partial charge is 0.337 e. The monoisotopic (exact) mass is 1400 g/mol. The Bertz CT molecular complexity index is 3800. The van der Waals surface area contributed by atoms with E-state index in [1.165, 1.54) is 69.7 Å². The lowest BCUT2D eigenvalue weighted by atomic mass is 9.49. The molecule has 1 spiro atoms. The van der Waals surface area contributed by atoms with Crippen molar-refractivity contribution in [2.24, 2.45) is 29.1 Å². The summed E-state index contributed by atoms with van der Waals surface area (Å²) in [5.41, 5.74) is 5.50. The molecule has 4 amide bonds. The van der Waals surface area contributed by atoms with Gasteiger partial charge in [-0.2, -0.15) is 0 Å². The van der Waals surface area contributed by atoms with Crippen molar-refractivity contribution in [1.82, 2.24) is 30.3 Å². The van der Waals surface area contributed by atoms with Gasteiger partial charge in [0, 0.05) is 65.9 Å². The average Bonchev–Trinajstić information content (AvgIpc) is 1.56. The van der Waals surface area contributed by atoms with Gasteiger partial charge in [-0.05, 0) is 206 Å². The molecule has 2 saturated heterocycles. The lowest BCUT2D eigenvalue weighted by Crippen LogP contribution is -2.76. The number of phenols is 2. The van der Waals surface area contributed by atoms with Crippen LogP contribution in [0.25, 0.3) is 0 Å². The van der Waals surface area contributed by atoms with E-state index in [9.17, 15) is 44.1 Å². The Morgan fingerprint density at radius 2 is 1.44 bits per heavy atom. The fourth-order valence-corrected chi connectivity index (χ4v) is 16.2. The van der Waals surface area contributed by atoms with Crippen molar-refractivity contribution < 1.29 is 59.0 Å². The van der Waals surface area contributed by atoms with Crippen molar-refractivity contribution in [2.45, 2.75) is 170 Å². The molecule has 1 aromatic heterocycles. The number of amides is 4. The Hall–Kier alpha value is -8.40. The lowest BCUT2D eigenvalue weighted by Gasteiger charge is -2.62. The molecule has 9 atom stereocenters. The first-order valence-electron chi connectivity index (χ1n) is 35.5. The number of imide groups is 2. The molecule has 3 unspecified atom stereocenters. The first-order chi connectivity index (χ1) is 48.0. The van der Waals surface area contributed by atoms with Crippen LogP contribution < -0.4 is 20.3 Å². The zero-order valence-corrected chi connectivity index (χ0v) is 61.6. The third-order valence-electron chi connectivity index (χ3n) is 21.1. The van der Waals surface area contributed by atoms with Crippen LogP contribution in [-0.4, -0.2) is 159 Å². The molecule has 101 heavy (non-hydrogen) atoms. The van der Waals surface area contributed by atoms with Crippen molar-refractivity contribution >= 4 is 58.7 Å². The summed E-state index contributed by atoms with van der Waals surface area (Å²) >= 11 is 1.87. The van der Waals surface area contributed by atoms with Crippen LogP contribution in [-0.2, 0) is 37.4 Å². The van der Waals surface area contributed by atoms with E-state index in [1.54, 1.807) is 25.1 Å². The van der Waals surface area contributed by atoms with Crippen molar-refractivity contribution in [3.05, 3.63) is 180 Å². The van der Waals surface area contributed by atoms with Gasteiger partial charge in [0.05, 0.1) is 33.9 Å². The first kappa shape index (κ1) is 78.3. The minimum atomic E-state index is -1.20. The number of nitrogens with zero attached hydrogens (tertiary/aromatic N) is 5. The molecule has 4 fully saturated rings. The number of barbiturate groups is 1. The summed E-state index contributed by atoms with van der Waals surface area (Å²) in [4.78, 5) is 84.1. The zero-order valence-electron chi connectivity index (χ0n) is 60.8. The number of likely N-dealkylation sites (tertiary alicyclic amines) is 1. The second-order valence-corrected chi connectivity index (χ2v) is 30.1. The normalized spacial score (nSPS) is 21.6. The number of aliphatic hydroxyl groups is 1. The highest BCUT2D eigenvalue weighted by molar-refractivity contribution is 7.99. The van der Waals surface area contributed by atoms with Gasteiger partial charge in [-0.1, -0.05) is 133 Å². The summed E-state index contributed by atoms with van der Waals surface area (Å²) in [6.07, 6.45) is 11.7. The number of carbonyl (C=O) groups excluding carboxylic acids is 4. The maximum Gasteiger partial charge on any atom is 0.337 e. The van der Waals surface area contributed by atoms with Gasteiger partial charge in [0.15, 0.2) is 23.4 Å². The number of anilines is 2. The van der Waals surface area contributed by atoms with E-state index in [2.05, 4.69) is 159 Å². The standard InChI is InChI=1S/C20H23NO4.C17H20N2S.C14H23NO.C13H18O2.C11H16N2O3.C6H5NO2/c22-13-4-3-12-9-15-20(24)6-5-14(23)18-19(20,16(12)17(13)25-18)7-8-21(15)10-11-1-2-11;1-13(18(2)3)12-19-14-8-4-6-10-16(14)20-17-11-7-5-9-15(17)19;1-5-14(11(2)10-15(3)4)12-7-6-8-13(16)9-12;1-9(2)8-11-4-6-12(7-5-11)10(3)13(14)15;1-4-6-11(7(3)5-2)8(14)12-10(16)13-9(11)15;8-6(9)5-2-1-3-7-4-5/h3-4,11,15,18,22,24H,1-2,5-10H2;4-11,13H,12H2,1-3H3;6-9,11,14,16H,5,10H2,1-4H3;4-7,9-10H,8H2,1-3H3,(H,14,15);4,7H,1,5-6H2,2-3H3,(H2,12,13,14,15,16);1-4H,(H,8,9)/t15-,18+,19+,20-;;11-,14+;;;/m1.0.../s1. The fourth-order valence-electron chi connectivity index (χ4n) is 15.1. The summed E-state index contributed by atoms with van der Waals surface area (Å²) in [7, 11) is 8.49. The summed E-state index contributed by atoms with van der Waals surface area (Å²) in [6, 6.07) is 39.4. The van der Waals surface area contributed by atoms with Crippen LogP contribution in [0.3, 0.4) is 0 Å². The number of Topliss-reactive ketones (excluding diaryl/α,β-unsaturated/α-hetero) is 1. The minimum absolute atomic E-state index is 0.0454. The number of urea groups is 1. The number of benzene rings is 5. The molecule has 6 aromatic rings. The molecule has 19 nitrogen and oxygen atoms in total. The SMILES string of the molecule is C=CCC1(C(C)CC)C(=O)NC(=O)NC1=O.CC(C)Cc1ccc(C(C)C(=O)O)cc1.CC(CN1c2ccccc2Sc2ccccc21)N(C)C.CC[C@@H](c1cccc(O)c1)[C@@H](C)CN(C)C.O=C(O)c1cccnc1.O=C1CC[C@@]2(O)[C@H]3Cc4ccc(O)c5c4[C@@]2(CCN3CC2CC2)[C@H]1O5. The number of carboxylic acid groups (broad SMARTS) is 2. The van der Waals surface area contributed by atoms with E-state index in [4.69, 9.17) is 14.9 Å². The maximum atomic E-state index is 12.7. The van der Waals surface area contributed by atoms with E-state index in [-0.39, 0.29) is 35.5 Å². The molecule has 7 N–H and O–H groups in total. The van der Waals surface area contributed by atoms with Gasteiger partial charge in [-0.25, -0.2) is 9.59 Å². The number of phenolic OH excluding ortho intramolecular Hbond substituents is 2. The number of piperidine rings is 1. The van der Waals surface area contributed by atoms with Crippen LogP contribution >= 0.6 is 11.8 Å². The van der Waals surface area contributed by atoms with Gasteiger partial charge in [-0.3, -0.25) is 39.7 Å². The molecule has 542 valence electrons. The van der Waals surface area contributed by atoms with Crippen molar-refractivity contribution in [3.8, 4) is 17.2 Å². The Morgan fingerprint density at radius 1 is 0.792 bits per heavy atom. The Balaban J connectivity index is 0.000000158. The molecule has 0 radical (unpaired) electrons. The topological polar surface area (TPSA) is 263 Å². The number of aromatic carboxylic acids is 1. The molecule has 2 bridgehead atoms. The average molecular weight is 1400 g/mol. The number of carbonyl (C=O) groups is 6. The summed E-state index contributed by atoms with van der Waals surface area (Å²) in [5.74, 6) is 0.161. The van der Waals surface area contributed by atoms with Gasteiger partial charge >= 0.3 is 18.0 Å². The molecule has 7 aliphatic rings. The summed E-state index contributed by atoms with van der Waals surface area (Å²) < 4.78 is 6.04. The van der Waals surface area contributed by atoms with Crippen LogP contribution in [0.4, 0.5) is 16.2 Å². The van der Waals surface area contributed by atoms with Crippen LogP contribution in [0, 0.1) is 29.1 Å². The number of fused-ring (bicyclic) bond motifs is 2. The number of aliphatic carboxylic acids is 1. The third kappa shape index (κ3) is 17.9. The molecular weight excluding hydrogens is 1290 g/mol. The number of rotatable bonds is 19. The number of ketones is 1. The number of hydrogen-bond donors (Lipinski definition) is 7. The number of aromatic hydroxyl groups is 2. The number of allylic oxidation sites excluding steroid dienone is 1. The van der Waals surface area contributed by atoms with Crippen LogP contribution in [0.5, 0.6) is 17.2 Å². The number of para-hydroxylation sites is 2. The zero-order chi connectivity index (χ0) is 73.7. The van der Waals surface area contributed by atoms with Crippen molar-refractivity contribution in [1.29, 1.82) is 0 Å². The Kier molecular flexibility index (Phi) is 26.8. The molecule has 3 aliphatic carbocycles. The first-order valence-corrected chi connectivity index (χ1v) is 36.3. The number of likely N-dealkylation sites (N-methyl/N-ethyl adjacent to an activating group) is 1. The Labute approximate surface area is 600 Å². The maximum absolute atomic E-state index is 12.7. The largest absolute Gasteiger partial charge is 0.508 e. The number of pyridine rings is 1. The van der Waals surface area contributed by atoms with Crippen LogP contribution in [0.15, 0.2) is 156 Å². The van der Waals surface area contributed by atoms with Crippen LogP contribution in [0.2, 0.25) is 0 Å². The number of nitrogens with one attached hydrogen (secondary N) is 2. The Morgan fingerprint density at radius 3 is 1.96 bits per heavy atom. The van der Waals surface area contributed by atoms with E-state index in [0.717, 1.165) is 74.5 Å². The quantitative estimate of drug-likeness (QED) is 0.0294. The molecule has 5 aromatic carbocycles. The van der Waals surface area contributed by atoms with E-state index < -0.39 is 58.2 Å².